The molecule has 1 aromatic carbocycles. The van der Waals surface area contributed by atoms with Gasteiger partial charge in [-0.25, -0.2) is 4.98 Å². The van der Waals surface area contributed by atoms with Gasteiger partial charge in [-0.15, -0.1) is 0 Å². The maximum absolute atomic E-state index is 5.79. The summed E-state index contributed by atoms with van der Waals surface area (Å²) < 4.78 is 0. The number of hydrogen-bond donors (Lipinski definition) is 3. The Bertz CT molecular complexity index is 837. The van der Waals surface area contributed by atoms with Gasteiger partial charge in [0.1, 0.15) is 11.6 Å². The van der Waals surface area contributed by atoms with E-state index in [1.54, 1.807) is 0 Å². The lowest BCUT2D eigenvalue weighted by atomic mass is 9.95. The van der Waals surface area contributed by atoms with Gasteiger partial charge < -0.3 is 16.5 Å². The maximum atomic E-state index is 5.79. The first kappa shape index (κ1) is 17.8. The van der Waals surface area contributed by atoms with E-state index in [1.807, 2.05) is 37.3 Å². The molecule has 0 aliphatic rings. The van der Waals surface area contributed by atoms with Crippen molar-refractivity contribution in [3.8, 4) is 11.4 Å². The summed E-state index contributed by atoms with van der Waals surface area (Å²) in [6, 6.07) is 10.1. The average Bonchev–Trinajstić information content (AvgIpc) is 3.00. The number of nitrogens with one attached hydrogen (secondary N) is 1. The second kappa shape index (κ2) is 7.95. The molecule has 7 nitrogen and oxygen atoms in total. The predicted molar refractivity (Wildman–Crippen MR) is 103 cm³/mol. The first-order valence-electron chi connectivity index (χ1n) is 8.97. The van der Waals surface area contributed by atoms with Crippen molar-refractivity contribution in [3.63, 3.8) is 0 Å². The van der Waals surface area contributed by atoms with E-state index in [2.05, 4.69) is 26.9 Å². The summed E-state index contributed by atoms with van der Waals surface area (Å²) in [5.74, 6) is 1.64. The number of aromatic amines is 1. The molecule has 1 unspecified atom stereocenters. The Labute approximate surface area is 153 Å². The van der Waals surface area contributed by atoms with Crippen LogP contribution in [0.15, 0.2) is 30.3 Å². The Morgan fingerprint density at radius 2 is 1.65 bits per heavy atom. The number of hydrogen-bond acceptors (Lipinski definition) is 6. The van der Waals surface area contributed by atoms with Crippen molar-refractivity contribution < 1.29 is 0 Å². The molecule has 2 aromatic heterocycles. The molecule has 2 heterocycles. The van der Waals surface area contributed by atoms with Gasteiger partial charge >= 0.3 is 0 Å². The van der Waals surface area contributed by atoms with Gasteiger partial charge in [-0.2, -0.15) is 15.0 Å². The monoisotopic (exact) mass is 351 g/mol. The normalized spacial score (nSPS) is 12.2. The number of rotatable bonds is 7. The molecule has 0 aliphatic carbocycles. The standard InChI is InChI=1S/C19H25N7/c1-3-4-6-11-14(17-24-18(20)26-19(21)25-17)15-12(2)22-16(23-15)13-9-7-5-8-10-13/h5,7-10,14H,3-4,6,11H2,1-2H3,(H,22,23)(H4,20,21,24,25,26). The molecule has 7 heteroatoms. The Hall–Kier alpha value is -2.96. The lowest BCUT2D eigenvalue weighted by Gasteiger charge is -2.15. The Balaban J connectivity index is 2.00. The average molecular weight is 351 g/mol. The van der Waals surface area contributed by atoms with Gasteiger partial charge in [0.15, 0.2) is 0 Å². The number of nitrogen functional groups attached to an aromatic ring is 2. The SMILES string of the molecule is CCCCCC(c1nc(N)nc(N)n1)c1nc(-c2ccccc2)[nH]c1C. The molecule has 1 atom stereocenters. The molecule has 0 spiro atoms. The fraction of sp³-hybridized carbons (Fsp3) is 0.368. The lowest BCUT2D eigenvalue weighted by Crippen LogP contribution is -2.13. The molecule has 0 aliphatic heterocycles. The first-order chi connectivity index (χ1) is 12.6. The molecule has 26 heavy (non-hydrogen) atoms. The zero-order valence-corrected chi connectivity index (χ0v) is 15.2. The van der Waals surface area contributed by atoms with E-state index >= 15 is 0 Å². The van der Waals surface area contributed by atoms with Gasteiger partial charge in [0.25, 0.3) is 0 Å². The molecule has 3 rings (SSSR count). The summed E-state index contributed by atoms with van der Waals surface area (Å²) >= 11 is 0. The van der Waals surface area contributed by atoms with Crippen LogP contribution in [0.2, 0.25) is 0 Å². The van der Waals surface area contributed by atoms with E-state index in [1.165, 1.54) is 0 Å². The summed E-state index contributed by atoms with van der Waals surface area (Å²) in [6.07, 6.45) is 4.22. The fourth-order valence-corrected chi connectivity index (χ4v) is 3.12. The number of benzene rings is 1. The molecule has 0 saturated carbocycles. The van der Waals surface area contributed by atoms with Gasteiger partial charge in [0, 0.05) is 11.3 Å². The van der Waals surface area contributed by atoms with Crippen LogP contribution in [-0.4, -0.2) is 24.9 Å². The third-order valence-electron chi connectivity index (χ3n) is 4.39. The van der Waals surface area contributed by atoms with Crippen LogP contribution in [0.4, 0.5) is 11.9 Å². The Morgan fingerprint density at radius 1 is 0.962 bits per heavy atom. The number of unbranched alkanes of at least 4 members (excludes halogenated alkanes) is 2. The summed E-state index contributed by atoms with van der Waals surface area (Å²) in [6.45, 7) is 4.21. The summed E-state index contributed by atoms with van der Waals surface area (Å²) in [7, 11) is 0. The van der Waals surface area contributed by atoms with Gasteiger partial charge in [-0.1, -0.05) is 56.5 Å². The number of nitrogens with two attached hydrogens (primary N) is 2. The second-order valence-corrected chi connectivity index (χ2v) is 6.42. The molecule has 0 bridgehead atoms. The van der Waals surface area contributed by atoms with E-state index < -0.39 is 0 Å². The zero-order valence-electron chi connectivity index (χ0n) is 15.2. The number of aryl methyl sites for hydroxylation is 1. The third kappa shape index (κ3) is 3.99. The van der Waals surface area contributed by atoms with Gasteiger partial charge in [-0.05, 0) is 13.3 Å². The van der Waals surface area contributed by atoms with Crippen molar-refractivity contribution >= 4 is 11.9 Å². The van der Waals surface area contributed by atoms with E-state index in [9.17, 15) is 0 Å². The highest BCUT2D eigenvalue weighted by atomic mass is 15.1. The van der Waals surface area contributed by atoms with E-state index in [-0.39, 0.29) is 17.8 Å². The molecule has 5 N–H and O–H groups in total. The highest BCUT2D eigenvalue weighted by Crippen LogP contribution is 2.31. The van der Waals surface area contributed by atoms with Crippen LogP contribution in [0.5, 0.6) is 0 Å². The topological polar surface area (TPSA) is 119 Å². The van der Waals surface area contributed by atoms with Gasteiger partial charge in [0.2, 0.25) is 11.9 Å². The van der Waals surface area contributed by atoms with Crippen LogP contribution < -0.4 is 11.5 Å². The molecular weight excluding hydrogens is 326 g/mol. The summed E-state index contributed by atoms with van der Waals surface area (Å²) in [4.78, 5) is 20.8. The molecule has 0 amide bonds. The summed E-state index contributed by atoms with van der Waals surface area (Å²) in [5, 5.41) is 0. The smallest absolute Gasteiger partial charge is 0.225 e. The molecule has 0 saturated heterocycles. The van der Waals surface area contributed by atoms with Crippen LogP contribution in [-0.2, 0) is 0 Å². The number of anilines is 2. The minimum Gasteiger partial charge on any atom is -0.368 e. The lowest BCUT2D eigenvalue weighted by molar-refractivity contribution is 0.587. The minimum absolute atomic E-state index is 0.0668. The maximum Gasteiger partial charge on any atom is 0.225 e. The van der Waals surface area contributed by atoms with Crippen LogP contribution in [0.25, 0.3) is 11.4 Å². The fourth-order valence-electron chi connectivity index (χ4n) is 3.12. The summed E-state index contributed by atoms with van der Waals surface area (Å²) in [5.41, 5.74) is 14.6. The molecule has 0 radical (unpaired) electrons. The largest absolute Gasteiger partial charge is 0.368 e. The van der Waals surface area contributed by atoms with Crippen LogP contribution in [0.1, 0.15) is 55.7 Å². The third-order valence-corrected chi connectivity index (χ3v) is 4.39. The quantitative estimate of drug-likeness (QED) is 0.561. The highest BCUT2D eigenvalue weighted by molar-refractivity contribution is 5.56. The predicted octanol–water partition coefficient (Wildman–Crippen LogP) is 3.45. The van der Waals surface area contributed by atoms with E-state index in [0.717, 1.165) is 48.5 Å². The van der Waals surface area contributed by atoms with Crippen LogP contribution in [0, 0.1) is 6.92 Å². The van der Waals surface area contributed by atoms with Crippen molar-refractivity contribution in [2.24, 2.45) is 0 Å². The van der Waals surface area contributed by atoms with Crippen LogP contribution in [0.3, 0.4) is 0 Å². The first-order valence-corrected chi connectivity index (χ1v) is 8.97. The number of nitrogens with zero attached hydrogens (tertiary/aromatic N) is 4. The van der Waals surface area contributed by atoms with Crippen molar-refractivity contribution in [2.45, 2.75) is 45.4 Å². The number of H-pyrrole nitrogens is 1. The second-order valence-electron chi connectivity index (χ2n) is 6.42. The zero-order chi connectivity index (χ0) is 18.5. The molecule has 3 aromatic rings. The van der Waals surface area contributed by atoms with Crippen molar-refractivity contribution in [2.75, 3.05) is 11.5 Å². The number of aromatic nitrogens is 5. The minimum atomic E-state index is -0.0668. The van der Waals surface area contributed by atoms with Crippen LogP contribution >= 0.6 is 0 Å². The Kier molecular flexibility index (Phi) is 5.46. The molecule has 0 fully saturated rings. The van der Waals surface area contributed by atoms with Crippen molar-refractivity contribution in [3.05, 3.63) is 47.5 Å². The van der Waals surface area contributed by atoms with E-state index in [4.69, 9.17) is 16.5 Å². The Morgan fingerprint density at radius 3 is 2.31 bits per heavy atom. The molecule has 136 valence electrons. The van der Waals surface area contributed by atoms with Gasteiger partial charge in [-0.3, -0.25) is 0 Å². The van der Waals surface area contributed by atoms with Crippen molar-refractivity contribution in [1.82, 2.24) is 24.9 Å². The highest BCUT2D eigenvalue weighted by Gasteiger charge is 2.24. The number of imidazole rings is 1. The van der Waals surface area contributed by atoms with E-state index in [0.29, 0.717) is 5.82 Å². The van der Waals surface area contributed by atoms with Crippen molar-refractivity contribution in [1.29, 1.82) is 0 Å². The molecular formula is C19H25N7. The van der Waals surface area contributed by atoms with Gasteiger partial charge in [0.05, 0.1) is 11.6 Å².